The lowest BCUT2D eigenvalue weighted by molar-refractivity contribution is 0.0606. The summed E-state index contributed by atoms with van der Waals surface area (Å²) in [5.74, 6) is 1.12. The summed E-state index contributed by atoms with van der Waals surface area (Å²) in [6.07, 6.45) is 2.87. The van der Waals surface area contributed by atoms with Gasteiger partial charge in [0.2, 0.25) is 6.79 Å². The molecule has 1 fully saturated rings. The fourth-order valence-electron chi connectivity index (χ4n) is 4.10. The lowest BCUT2D eigenvalue weighted by atomic mass is 9.90. The average molecular weight is 425 g/mol. The Morgan fingerprint density at radius 3 is 2.61 bits per heavy atom. The van der Waals surface area contributed by atoms with Crippen molar-refractivity contribution in [3.63, 3.8) is 0 Å². The molecule has 0 aromatic heterocycles. The van der Waals surface area contributed by atoms with E-state index in [0.717, 1.165) is 31.2 Å². The van der Waals surface area contributed by atoms with E-state index in [0.29, 0.717) is 29.3 Å². The van der Waals surface area contributed by atoms with E-state index in [-0.39, 0.29) is 24.8 Å². The highest BCUT2D eigenvalue weighted by Gasteiger charge is 2.30. The number of nitrogens with one attached hydrogen (secondary N) is 1. The molecule has 164 valence electrons. The number of carbonyl (C=O) groups excluding carboxylic acids is 2. The number of hydrogen-bond donors (Lipinski definition) is 2. The minimum Gasteiger partial charge on any atom is -0.454 e. The first-order valence-electron chi connectivity index (χ1n) is 10.4. The second-order valence-electron chi connectivity index (χ2n) is 7.84. The molecule has 1 saturated carbocycles. The van der Waals surface area contributed by atoms with E-state index in [1.807, 2.05) is 23.1 Å². The highest BCUT2D eigenvalue weighted by molar-refractivity contribution is 5.95. The van der Waals surface area contributed by atoms with Crippen molar-refractivity contribution in [3.8, 4) is 11.5 Å². The Morgan fingerprint density at radius 1 is 1.10 bits per heavy atom. The maximum atomic E-state index is 13.6. The molecule has 0 unspecified atom stereocenters. The molecule has 2 aliphatic rings. The number of carbonyl (C=O) groups is 2. The van der Waals surface area contributed by atoms with Gasteiger partial charge in [-0.15, -0.1) is 0 Å². The maximum Gasteiger partial charge on any atom is 0.411 e. The van der Waals surface area contributed by atoms with Crippen molar-refractivity contribution in [2.24, 2.45) is 5.73 Å². The molecule has 2 aromatic rings. The Labute approximate surface area is 181 Å². The smallest absolute Gasteiger partial charge is 0.411 e. The van der Waals surface area contributed by atoms with Crippen LogP contribution in [0.5, 0.6) is 11.5 Å². The number of anilines is 1. The number of para-hydroxylation sites is 1. The Bertz CT molecular complexity index is 956. The van der Waals surface area contributed by atoms with E-state index in [4.69, 9.17) is 19.9 Å². The highest BCUT2D eigenvalue weighted by Crippen LogP contribution is 2.34. The van der Waals surface area contributed by atoms with E-state index in [1.165, 1.54) is 7.11 Å². The van der Waals surface area contributed by atoms with Crippen molar-refractivity contribution in [3.05, 3.63) is 53.6 Å². The summed E-state index contributed by atoms with van der Waals surface area (Å²) in [6.45, 7) is 0.511. The summed E-state index contributed by atoms with van der Waals surface area (Å²) in [5, 5.41) is 2.73. The molecule has 31 heavy (non-hydrogen) atoms. The van der Waals surface area contributed by atoms with Crippen molar-refractivity contribution in [2.45, 2.75) is 44.3 Å². The van der Waals surface area contributed by atoms with E-state index in [2.05, 4.69) is 5.32 Å². The number of benzene rings is 2. The molecule has 2 amide bonds. The van der Waals surface area contributed by atoms with Gasteiger partial charge in [-0.25, -0.2) is 4.79 Å². The van der Waals surface area contributed by atoms with Crippen molar-refractivity contribution >= 4 is 17.7 Å². The molecule has 0 bridgehead atoms. The monoisotopic (exact) mass is 425 g/mol. The molecule has 1 heterocycles. The topological polar surface area (TPSA) is 103 Å². The van der Waals surface area contributed by atoms with Gasteiger partial charge in [0.15, 0.2) is 11.5 Å². The van der Waals surface area contributed by atoms with Gasteiger partial charge in [0.05, 0.1) is 7.11 Å². The molecule has 0 saturated heterocycles. The SMILES string of the molecule is COC(=O)Nc1ccccc1CN(C(=O)c1ccc2c(c1)OCO2)C1CCC(N)CC1. The number of nitrogens with zero attached hydrogens (tertiary/aromatic N) is 1. The Kier molecular flexibility index (Phi) is 6.27. The molecule has 1 aliphatic heterocycles. The van der Waals surface area contributed by atoms with Crippen LogP contribution in [0, 0.1) is 0 Å². The van der Waals surface area contributed by atoms with E-state index in [9.17, 15) is 9.59 Å². The van der Waals surface area contributed by atoms with Crippen LogP contribution in [0.25, 0.3) is 0 Å². The van der Waals surface area contributed by atoms with Gasteiger partial charge in [0.25, 0.3) is 5.91 Å². The van der Waals surface area contributed by atoms with Crippen LogP contribution in [-0.4, -0.2) is 42.9 Å². The van der Waals surface area contributed by atoms with Crippen LogP contribution in [0.3, 0.4) is 0 Å². The zero-order valence-electron chi connectivity index (χ0n) is 17.5. The van der Waals surface area contributed by atoms with Crippen LogP contribution in [0.1, 0.15) is 41.6 Å². The molecule has 3 N–H and O–H groups in total. The fraction of sp³-hybridized carbons (Fsp3) is 0.391. The molecule has 8 heteroatoms. The highest BCUT2D eigenvalue weighted by atomic mass is 16.7. The van der Waals surface area contributed by atoms with Gasteiger partial charge < -0.3 is 24.8 Å². The standard InChI is InChI=1S/C23H27N3O5/c1-29-23(28)25-19-5-3-2-4-16(19)13-26(18-9-7-17(24)8-10-18)22(27)15-6-11-20-21(12-15)31-14-30-20/h2-6,11-12,17-18H,7-10,13-14,24H2,1H3,(H,25,28). The van der Waals surface area contributed by atoms with Gasteiger partial charge in [0, 0.05) is 29.9 Å². The van der Waals surface area contributed by atoms with Crippen molar-refractivity contribution in [1.29, 1.82) is 0 Å². The van der Waals surface area contributed by atoms with Crippen molar-refractivity contribution < 1.29 is 23.8 Å². The first-order valence-corrected chi connectivity index (χ1v) is 10.4. The molecule has 8 nitrogen and oxygen atoms in total. The summed E-state index contributed by atoms with van der Waals surface area (Å²) in [7, 11) is 1.32. The predicted molar refractivity (Wildman–Crippen MR) is 115 cm³/mol. The molecule has 0 radical (unpaired) electrons. The molecule has 0 spiro atoms. The number of methoxy groups -OCH3 is 1. The van der Waals surface area contributed by atoms with Crippen LogP contribution < -0.4 is 20.5 Å². The third-order valence-corrected chi connectivity index (χ3v) is 5.84. The van der Waals surface area contributed by atoms with E-state index < -0.39 is 6.09 Å². The predicted octanol–water partition coefficient (Wildman–Crippen LogP) is 3.51. The van der Waals surface area contributed by atoms with Crippen LogP contribution in [0.2, 0.25) is 0 Å². The van der Waals surface area contributed by atoms with E-state index in [1.54, 1.807) is 24.3 Å². The summed E-state index contributed by atoms with van der Waals surface area (Å²) >= 11 is 0. The minimum atomic E-state index is -0.551. The summed E-state index contributed by atoms with van der Waals surface area (Å²) in [4.78, 5) is 27.2. The molecule has 0 atom stereocenters. The lowest BCUT2D eigenvalue weighted by Crippen LogP contribution is -2.44. The third kappa shape index (κ3) is 4.74. The molecule has 1 aliphatic carbocycles. The fourth-order valence-corrected chi connectivity index (χ4v) is 4.10. The van der Waals surface area contributed by atoms with Gasteiger partial charge >= 0.3 is 6.09 Å². The summed E-state index contributed by atoms with van der Waals surface area (Å²) < 4.78 is 15.6. The number of ether oxygens (including phenoxy) is 3. The molecular weight excluding hydrogens is 398 g/mol. The summed E-state index contributed by atoms with van der Waals surface area (Å²) in [6, 6.07) is 12.9. The third-order valence-electron chi connectivity index (χ3n) is 5.84. The van der Waals surface area contributed by atoms with Crippen LogP contribution in [0.4, 0.5) is 10.5 Å². The average Bonchev–Trinajstić information content (AvgIpc) is 3.26. The minimum absolute atomic E-state index is 0.0592. The number of amides is 2. The second-order valence-corrected chi connectivity index (χ2v) is 7.84. The first-order chi connectivity index (χ1) is 15.0. The zero-order valence-corrected chi connectivity index (χ0v) is 17.5. The quantitative estimate of drug-likeness (QED) is 0.760. The van der Waals surface area contributed by atoms with Gasteiger partial charge in [-0.1, -0.05) is 18.2 Å². The van der Waals surface area contributed by atoms with E-state index >= 15 is 0 Å². The van der Waals surface area contributed by atoms with Crippen molar-refractivity contribution in [1.82, 2.24) is 4.90 Å². The Hall–Kier alpha value is -3.26. The number of fused-ring (bicyclic) bond motifs is 1. The van der Waals surface area contributed by atoms with Crippen LogP contribution in [-0.2, 0) is 11.3 Å². The van der Waals surface area contributed by atoms with Crippen LogP contribution >= 0.6 is 0 Å². The summed E-state index contributed by atoms with van der Waals surface area (Å²) in [5.41, 5.74) is 8.08. The molecule has 4 rings (SSSR count). The van der Waals surface area contributed by atoms with Gasteiger partial charge in [-0.3, -0.25) is 10.1 Å². The first kappa shape index (κ1) is 21.0. The normalized spacial score (nSPS) is 19.5. The van der Waals surface area contributed by atoms with Gasteiger partial charge in [0.1, 0.15) is 0 Å². The maximum absolute atomic E-state index is 13.6. The second kappa shape index (κ2) is 9.26. The lowest BCUT2D eigenvalue weighted by Gasteiger charge is -2.36. The Balaban J connectivity index is 1.62. The number of nitrogens with two attached hydrogens (primary N) is 1. The van der Waals surface area contributed by atoms with Gasteiger partial charge in [-0.05, 0) is 55.5 Å². The molecule has 2 aromatic carbocycles. The van der Waals surface area contributed by atoms with Crippen LogP contribution in [0.15, 0.2) is 42.5 Å². The number of rotatable bonds is 5. The van der Waals surface area contributed by atoms with Crippen molar-refractivity contribution in [2.75, 3.05) is 19.2 Å². The zero-order chi connectivity index (χ0) is 21.8. The Morgan fingerprint density at radius 2 is 1.84 bits per heavy atom. The molecular formula is C23H27N3O5. The largest absolute Gasteiger partial charge is 0.454 e. The number of hydrogen-bond acceptors (Lipinski definition) is 6. The van der Waals surface area contributed by atoms with Gasteiger partial charge in [-0.2, -0.15) is 0 Å².